The van der Waals surface area contributed by atoms with Crippen LogP contribution in [0.25, 0.3) is 0 Å². The summed E-state index contributed by atoms with van der Waals surface area (Å²) in [5, 5.41) is 0. The van der Waals surface area contributed by atoms with Gasteiger partial charge < -0.3 is 14.5 Å². The fourth-order valence-corrected chi connectivity index (χ4v) is 3.84. The van der Waals surface area contributed by atoms with E-state index < -0.39 is 12.2 Å². The van der Waals surface area contributed by atoms with Gasteiger partial charge in [0.25, 0.3) is 0 Å². The van der Waals surface area contributed by atoms with Gasteiger partial charge in [-0.1, -0.05) is 6.07 Å². The number of ether oxygens (including phenoxy) is 1. The smallest absolute Gasteiger partial charge is 0.304 e. The highest BCUT2D eigenvalue weighted by molar-refractivity contribution is 5.73. The monoisotopic (exact) mass is 344 g/mol. The lowest BCUT2D eigenvalue weighted by Crippen LogP contribution is -2.50. The van der Waals surface area contributed by atoms with Crippen LogP contribution in [0.3, 0.4) is 0 Å². The molecule has 0 unspecified atom stereocenters. The maximum Gasteiger partial charge on any atom is 0.304 e. The third-order valence-electron chi connectivity index (χ3n) is 4.64. The van der Waals surface area contributed by atoms with Gasteiger partial charge in [0.15, 0.2) is 0 Å². The molecule has 2 aromatic carbocycles. The van der Waals surface area contributed by atoms with Crippen molar-refractivity contribution in [1.29, 1.82) is 0 Å². The first kappa shape index (κ1) is 15.9. The molecule has 2 heterocycles. The molecule has 2 aliphatic heterocycles. The minimum Gasteiger partial charge on any atom is -0.437 e. The van der Waals surface area contributed by atoms with Crippen LogP contribution >= 0.6 is 0 Å². The van der Waals surface area contributed by atoms with Crippen molar-refractivity contribution in [1.82, 2.24) is 0 Å². The maximum atomic E-state index is 14.7. The van der Waals surface area contributed by atoms with E-state index in [0.29, 0.717) is 23.5 Å². The first-order valence-corrected chi connectivity index (χ1v) is 8.13. The van der Waals surface area contributed by atoms with Gasteiger partial charge in [-0.05, 0) is 48.7 Å². The Hall–Kier alpha value is -2.63. The van der Waals surface area contributed by atoms with Gasteiger partial charge in [0.05, 0.1) is 18.0 Å². The Labute approximate surface area is 144 Å². The Balaban J connectivity index is 1.95. The molecule has 2 aromatic rings. The number of esters is 1. The lowest BCUT2D eigenvalue weighted by molar-refractivity contribution is -0.147. The predicted molar refractivity (Wildman–Crippen MR) is 90.3 cm³/mol. The van der Waals surface area contributed by atoms with Crippen LogP contribution in [0.5, 0.6) is 0 Å². The van der Waals surface area contributed by atoms with E-state index in [9.17, 15) is 13.6 Å². The maximum absolute atomic E-state index is 14.7. The summed E-state index contributed by atoms with van der Waals surface area (Å²) in [6, 6.07) is 6.61. The van der Waals surface area contributed by atoms with Crippen LogP contribution in [0.2, 0.25) is 0 Å². The summed E-state index contributed by atoms with van der Waals surface area (Å²) in [5.74, 6) is -1.21. The summed E-state index contributed by atoms with van der Waals surface area (Å²) in [6.45, 7) is 5.57. The van der Waals surface area contributed by atoms with Gasteiger partial charge in [-0.3, -0.25) is 4.79 Å². The second-order valence-electron chi connectivity index (χ2n) is 6.71. The lowest BCUT2D eigenvalue weighted by Gasteiger charge is -2.48. The summed E-state index contributed by atoms with van der Waals surface area (Å²) in [5.41, 5.74) is 3.66. The quantitative estimate of drug-likeness (QED) is 0.734. The zero-order valence-corrected chi connectivity index (χ0v) is 14.3. The van der Waals surface area contributed by atoms with Crippen molar-refractivity contribution < 1.29 is 18.3 Å². The molecular weight excluding hydrogens is 326 g/mol. The Morgan fingerprint density at radius 3 is 2.40 bits per heavy atom. The summed E-state index contributed by atoms with van der Waals surface area (Å²) in [7, 11) is 0. The van der Waals surface area contributed by atoms with Crippen LogP contribution in [0.4, 0.5) is 20.2 Å². The molecule has 0 saturated heterocycles. The molecule has 25 heavy (non-hydrogen) atoms. The van der Waals surface area contributed by atoms with Crippen molar-refractivity contribution in [3.05, 3.63) is 58.2 Å². The molecule has 0 fully saturated rings. The van der Waals surface area contributed by atoms with Gasteiger partial charge in [0, 0.05) is 19.0 Å². The lowest BCUT2D eigenvalue weighted by atomic mass is 9.97. The average molecular weight is 344 g/mol. The van der Waals surface area contributed by atoms with Crippen molar-refractivity contribution in [2.45, 2.75) is 33.5 Å². The van der Waals surface area contributed by atoms with E-state index >= 15 is 0 Å². The number of benzene rings is 2. The number of carbonyl (C=O) groups is 1. The Morgan fingerprint density at radius 2 is 1.72 bits per heavy atom. The number of rotatable bonds is 1. The third kappa shape index (κ3) is 2.44. The number of carbonyl (C=O) groups excluding carboxylic acids is 1. The SMILES string of the molecule is CC(=O)O[C@H]1c2cc(C)cc(F)c2N2Cc3cc(C)cc(F)c3N1C2. The van der Waals surface area contributed by atoms with E-state index in [1.54, 1.807) is 17.9 Å². The minimum absolute atomic E-state index is 0.262. The minimum atomic E-state index is -0.852. The van der Waals surface area contributed by atoms with Gasteiger partial charge in [-0.15, -0.1) is 0 Å². The third-order valence-corrected chi connectivity index (χ3v) is 4.64. The summed E-state index contributed by atoms with van der Waals surface area (Å²) < 4.78 is 34.9. The molecule has 0 radical (unpaired) electrons. The van der Waals surface area contributed by atoms with E-state index in [2.05, 4.69) is 0 Å². The van der Waals surface area contributed by atoms with Gasteiger partial charge in [-0.25, -0.2) is 8.78 Å². The molecular formula is C19H18F2N2O2. The largest absolute Gasteiger partial charge is 0.437 e. The number of anilines is 2. The van der Waals surface area contributed by atoms with Crippen molar-refractivity contribution in [2.24, 2.45) is 0 Å². The molecule has 1 atom stereocenters. The number of hydrogen-bond donors (Lipinski definition) is 0. The molecule has 130 valence electrons. The molecule has 0 aliphatic carbocycles. The molecule has 2 bridgehead atoms. The highest BCUT2D eigenvalue weighted by atomic mass is 19.1. The zero-order chi connectivity index (χ0) is 17.9. The first-order valence-electron chi connectivity index (χ1n) is 8.13. The Morgan fingerprint density at radius 1 is 1.08 bits per heavy atom. The van der Waals surface area contributed by atoms with Gasteiger partial charge in [0.1, 0.15) is 11.6 Å². The van der Waals surface area contributed by atoms with Crippen LogP contribution in [-0.4, -0.2) is 12.6 Å². The van der Waals surface area contributed by atoms with Crippen LogP contribution < -0.4 is 9.80 Å². The fraction of sp³-hybridized carbons (Fsp3) is 0.316. The molecule has 0 saturated carbocycles. The van der Waals surface area contributed by atoms with Crippen LogP contribution in [0.15, 0.2) is 24.3 Å². The van der Waals surface area contributed by atoms with Crippen molar-refractivity contribution >= 4 is 17.3 Å². The fourth-order valence-electron chi connectivity index (χ4n) is 3.84. The van der Waals surface area contributed by atoms with E-state index in [-0.39, 0.29) is 18.3 Å². The molecule has 0 spiro atoms. The zero-order valence-electron chi connectivity index (χ0n) is 14.3. The first-order chi connectivity index (χ1) is 11.8. The highest BCUT2D eigenvalue weighted by Gasteiger charge is 2.41. The second kappa shape index (κ2) is 5.44. The van der Waals surface area contributed by atoms with Gasteiger partial charge in [-0.2, -0.15) is 0 Å². The normalized spacial score (nSPS) is 17.9. The van der Waals surface area contributed by atoms with Crippen molar-refractivity contribution in [2.75, 3.05) is 16.5 Å². The average Bonchev–Trinajstić information content (AvgIpc) is 2.49. The standard InChI is InChI=1S/C19H18F2N2O2/c1-10-4-13-8-22-9-23(17(13)15(20)6-10)19(25-12(3)24)14-5-11(2)7-16(21)18(14)22/h4-7,19H,8-9H2,1-3H3/t19-/m0/s1. The Kier molecular flexibility index (Phi) is 3.45. The molecule has 4 rings (SSSR count). The molecule has 6 heteroatoms. The predicted octanol–water partition coefficient (Wildman–Crippen LogP) is 3.94. The van der Waals surface area contributed by atoms with E-state index in [4.69, 9.17) is 4.74 Å². The number of nitrogens with zero attached hydrogens (tertiary/aromatic N) is 2. The van der Waals surface area contributed by atoms with Gasteiger partial charge >= 0.3 is 5.97 Å². The summed E-state index contributed by atoms with van der Waals surface area (Å²) in [4.78, 5) is 15.2. The topological polar surface area (TPSA) is 32.8 Å². The highest BCUT2D eigenvalue weighted by Crippen LogP contribution is 2.46. The number of aryl methyl sites for hydroxylation is 2. The van der Waals surface area contributed by atoms with E-state index in [1.807, 2.05) is 17.9 Å². The van der Waals surface area contributed by atoms with E-state index in [1.165, 1.54) is 19.1 Å². The molecule has 2 aliphatic rings. The van der Waals surface area contributed by atoms with Crippen LogP contribution in [0, 0.1) is 25.5 Å². The summed E-state index contributed by atoms with van der Waals surface area (Å²) in [6.07, 6.45) is -0.852. The molecule has 0 N–H and O–H groups in total. The molecule has 4 nitrogen and oxygen atoms in total. The number of hydrogen-bond acceptors (Lipinski definition) is 4. The summed E-state index contributed by atoms with van der Waals surface area (Å²) >= 11 is 0. The number of fused-ring (bicyclic) bond motifs is 6. The van der Waals surface area contributed by atoms with Crippen LogP contribution in [-0.2, 0) is 16.1 Å². The Bertz CT molecular complexity index is 897. The van der Waals surface area contributed by atoms with E-state index in [0.717, 1.165) is 16.7 Å². The van der Waals surface area contributed by atoms with Gasteiger partial charge in [0.2, 0.25) is 6.23 Å². The van der Waals surface area contributed by atoms with Crippen LogP contribution in [0.1, 0.15) is 35.4 Å². The molecule has 0 aromatic heterocycles. The van der Waals surface area contributed by atoms with Crippen molar-refractivity contribution in [3.8, 4) is 0 Å². The van der Waals surface area contributed by atoms with Crippen molar-refractivity contribution in [3.63, 3.8) is 0 Å². The molecule has 0 amide bonds. The number of halogens is 2. The second-order valence-corrected chi connectivity index (χ2v) is 6.71.